The number of ether oxygens (including phenoxy) is 1. The number of benzene rings is 1. The lowest BCUT2D eigenvalue weighted by atomic mass is 9.95. The number of fused-ring (bicyclic) bond motifs is 1. The highest BCUT2D eigenvalue weighted by molar-refractivity contribution is 5.42. The van der Waals surface area contributed by atoms with Crippen LogP contribution in [0.25, 0.3) is 0 Å². The van der Waals surface area contributed by atoms with Crippen LogP contribution in [0.3, 0.4) is 0 Å². The van der Waals surface area contributed by atoms with Crippen LogP contribution in [-0.4, -0.2) is 17.2 Å². The molecule has 1 heterocycles. The van der Waals surface area contributed by atoms with Gasteiger partial charge < -0.3 is 9.84 Å². The molecule has 0 aliphatic heterocycles. The van der Waals surface area contributed by atoms with Crippen molar-refractivity contribution in [2.24, 2.45) is 0 Å². The van der Waals surface area contributed by atoms with Crippen LogP contribution < -0.4 is 4.74 Å². The van der Waals surface area contributed by atoms with E-state index < -0.39 is 5.60 Å². The first-order valence-corrected chi connectivity index (χ1v) is 6.01. The van der Waals surface area contributed by atoms with Gasteiger partial charge in [0.25, 0.3) is 0 Å². The maximum absolute atomic E-state index is 10.9. The van der Waals surface area contributed by atoms with Gasteiger partial charge in [0.1, 0.15) is 17.0 Å². The highest BCUT2D eigenvalue weighted by atomic mass is 16.5. The molecule has 0 saturated carbocycles. The molecule has 1 aliphatic carbocycles. The molecule has 3 rings (SSSR count). The average molecular weight is 241 g/mol. The Bertz CT molecular complexity index is 555. The average Bonchev–Trinajstić information content (AvgIpc) is 2.76. The number of hydrogen-bond donors (Lipinski definition) is 1. The van der Waals surface area contributed by atoms with Crippen LogP contribution in [0.1, 0.15) is 16.8 Å². The minimum atomic E-state index is -0.948. The van der Waals surface area contributed by atoms with E-state index in [1.54, 1.807) is 13.3 Å². The van der Waals surface area contributed by atoms with Crippen LogP contribution in [0.15, 0.2) is 42.6 Å². The number of pyridine rings is 1. The summed E-state index contributed by atoms with van der Waals surface area (Å²) in [6.45, 7) is 0. The second kappa shape index (κ2) is 4.10. The van der Waals surface area contributed by atoms with Gasteiger partial charge in [-0.1, -0.05) is 24.3 Å². The van der Waals surface area contributed by atoms with Gasteiger partial charge in [-0.15, -0.1) is 0 Å². The minimum Gasteiger partial charge on any atom is -0.495 e. The van der Waals surface area contributed by atoms with Gasteiger partial charge in [-0.05, 0) is 23.3 Å². The predicted molar refractivity (Wildman–Crippen MR) is 68.5 cm³/mol. The fourth-order valence-corrected chi connectivity index (χ4v) is 2.67. The van der Waals surface area contributed by atoms with E-state index in [1.807, 2.05) is 24.3 Å². The highest BCUT2D eigenvalue weighted by Gasteiger charge is 2.39. The number of rotatable bonds is 2. The first kappa shape index (κ1) is 11.2. The summed E-state index contributed by atoms with van der Waals surface area (Å²) in [5, 5.41) is 10.9. The molecule has 2 aromatic rings. The maximum Gasteiger partial charge on any atom is 0.143 e. The van der Waals surface area contributed by atoms with Crippen LogP contribution >= 0.6 is 0 Å². The largest absolute Gasteiger partial charge is 0.495 e. The lowest BCUT2D eigenvalue weighted by Gasteiger charge is -2.23. The molecule has 92 valence electrons. The molecular weight excluding hydrogens is 226 g/mol. The van der Waals surface area contributed by atoms with Crippen LogP contribution in [0, 0.1) is 0 Å². The van der Waals surface area contributed by atoms with E-state index in [4.69, 9.17) is 4.74 Å². The van der Waals surface area contributed by atoms with E-state index in [2.05, 4.69) is 17.1 Å². The van der Waals surface area contributed by atoms with E-state index in [1.165, 1.54) is 11.1 Å². The van der Waals surface area contributed by atoms with Crippen molar-refractivity contribution >= 4 is 0 Å². The second-order valence-electron chi connectivity index (χ2n) is 4.71. The molecule has 0 spiro atoms. The third-order valence-corrected chi connectivity index (χ3v) is 3.52. The summed E-state index contributed by atoms with van der Waals surface area (Å²) in [5.41, 5.74) is 2.06. The highest BCUT2D eigenvalue weighted by Crippen LogP contribution is 2.39. The molecule has 1 N–H and O–H groups in total. The second-order valence-corrected chi connectivity index (χ2v) is 4.71. The summed E-state index contributed by atoms with van der Waals surface area (Å²) in [6, 6.07) is 11.8. The molecule has 3 heteroatoms. The summed E-state index contributed by atoms with van der Waals surface area (Å²) < 4.78 is 5.30. The van der Waals surface area contributed by atoms with Gasteiger partial charge >= 0.3 is 0 Å². The first-order chi connectivity index (χ1) is 8.73. The van der Waals surface area contributed by atoms with Crippen LogP contribution in [0.4, 0.5) is 0 Å². The minimum absolute atomic E-state index is 0.594. The smallest absolute Gasteiger partial charge is 0.143 e. The summed E-state index contributed by atoms with van der Waals surface area (Å²) in [5.74, 6) is 0.646. The molecule has 0 fully saturated rings. The number of hydrogen-bond acceptors (Lipinski definition) is 3. The fourth-order valence-electron chi connectivity index (χ4n) is 2.67. The van der Waals surface area contributed by atoms with Crippen molar-refractivity contribution in [2.45, 2.75) is 18.4 Å². The van der Waals surface area contributed by atoms with Crippen molar-refractivity contribution in [3.05, 3.63) is 59.4 Å². The Labute approximate surface area is 106 Å². The Morgan fingerprint density at radius 3 is 2.39 bits per heavy atom. The molecule has 0 unspecified atom stereocenters. The third kappa shape index (κ3) is 1.68. The summed E-state index contributed by atoms with van der Waals surface area (Å²) >= 11 is 0. The van der Waals surface area contributed by atoms with E-state index in [-0.39, 0.29) is 0 Å². The summed E-state index contributed by atoms with van der Waals surface area (Å²) in [6.07, 6.45) is 2.88. The van der Waals surface area contributed by atoms with E-state index in [9.17, 15) is 5.11 Å². The summed E-state index contributed by atoms with van der Waals surface area (Å²) in [4.78, 5) is 4.31. The molecule has 1 aliphatic rings. The number of aliphatic hydroxyl groups is 1. The Morgan fingerprint density at radius 1 is 1.11 bits per heavy atom. The van der Waals surface area contributed by atoms with E-state index in [0.717, 1.165) is 0 Å². The SMILES string of the molecule is COc1cccnc1C1(O)Cc2ccccc2C1. The zero-order valence-corrected chi connectivity index (χ0v) is 10.3. The lowest BCUT2D eigenvalue weighted by Crippen LogP contribution is -2.28. The van der Waals surface area contributed by atoms with Gasteiger partial charge in [-0.25, -0.2) is 0 Å². The summed E-state index contributed by atoms with van der Waals surface area (Å²) in [7, 11) is 1.60. The fraction of sp³-hybridized carbons (Fsp3) is 0.267. The molecule has 1 aromatic carbocycles. The first-order valence-electron chi connectivity index (χ1n) is 6.01. The lowest BCUT2D eigenvalue weighted by molar-refractivity contribution is 0.0409. The molecule has 18 heavy (non-hydrogen) atoms. The molecular formula is C15H15NO2. The maximum atomic E-state index is 10.9. The quantitative estimate of drug-likeness (QED) is 0.875. The van der Waals surface area contributed by atoms with E-state index >= 15 is 0 Å². The Balaban J connectivity index is 2.04. The number of aromatic nitrogens is 1. The van der Waals surface area contributed by atoms with Gasteiger partial charge in [0.05, 0.1) is 7.11 Å². The van der Waals surface area contributed by atoms with Gasteiger partial charge in [-0.2, -0.15) is 0 Å². The molecule has 0 radical (unpaired) electrons. The number of methoxy groups -OCH3 is 1. The topological polar surface area (TPSA) is 42.4 Å². The zero-order valence-electron chi connectivity index (χ0n) is 10.3. The van der Waals surface area contributed by atoms with Gasteiger partial charge in [0.2, 0.25) is 0 Å². The van der Waals surface area contributed by atoms with Crippen LogP contribution in [-0.2, 0) is 18.4 Å². The van der Waals surface area contributed by atoms with Crippen LogP contribution in [0.5, 0.6) is 5.75 Å². The van der Waals surface area contributed by atoms with Crippen molar-refractivity contribution in [1.29, 1.82) is 0 Å². The Hall–Kier alpha value is -1.87. The standard InChI is InChI=1S/C15H15NO2/c1-18-13-7-4-8-16-14(13)15(17)9-11-5-2-3-6-12(11)10-15/h2-8,17H,9-10H2,1H3. The van der Waals surface area contributed by atoms with Gasteiger partial charge in [0, 0.05) is 19.0 Å². The van der Waals surface area contributed by atoms with Crippen molar-refractivity contribution in [1.82, 2.24) is 4.98 Å². The van der Waals surface area contributed by atoms with E-state index in [0.29, 0.717) is 24.3 Å². The van der Waals surface area contributed by atoms with Crippen LogP contribution in [0.2, 0.25) is 0 Å². The molecule has 0 amide bonds. The Morgan fingerprint density at radius 2 is 1.78 bits per heavy atom. The predicted octanol–water partition coefficient (Wildman–Crippen LogP) is 2.08. The van der Waals surface area contributed by atoms with Gasteiger partial charge in [0.15, 0.2) is 0 Å². The molecule has 1 aromatic heterocycles. The molecule has 0 bridgehead atoms. The molecule has 0 saturated heterocycles. The number of nitrogens with zero attached hydrogens (tertiary/aromatic N) is 1. The van der Waals surface area contributed by atoms with Gasteiger partial charge in [-0.3, -0.25) is 4.98 Å². The van der Waals surface area contributed by atoms with Crippen molar-refractivity contribution in [3.63, 3.8) is 0 Å². The van der Waals surface area contributed by atoms with Crippen molar-refractivity contribution < 1.29 is 9.84 Å². The third-order valence-electron chi connectivity index (χ3n) is 3.52. The Kier molecular flexibility index (Phi) is 2.56. The van der Waals surface area contributed by atoms with Crippen molar-refractivity contribution in [3.8, 4) is 5.75 Å². The molecule has 3 nitrogen and oxygen atoms in total. The monoisotopic (exact) mass is 241 g/mol. The molecule has 0 atom stereocenters. The van der Waals surface area contributed by atoms with Crippen molar-refractivity contribution in [2.75, 3.05) is 7.11 Å². The zero-order chi connectivity index (χ0) is 12.6. The normalized spacial score (nSPS) is 16.3.